The lowest BCUT2D eigenvalue weighted by atomic mass is 10.2. The molecule has 0 spiro atoms. The van der Waals surface area contributed by atoms with Crippen LogP contribution in [0.15, 0.2) is 84.9 Å². The molecule has 0 aliphatic carbocycles. The summed E-state index contributed by atoms with van der Waals surface area (Å²) in [6.45, 7) is 0.862. The first-order valence-corrected chi connectivity index (χ1v) is 10.2. The number of aryl methyl sites for hydroxylation is 1. The van der Waals surface area contributed by atoms with E-state index in [2.05, 4.69) is 124 Å². The quantitative estimate of drug-likeness (QED) is 0.273. The van der Waals surface area contributed by atoms with Gasteiger partial charge in [-0.2, -0.15) is 0 Å². The zero-order valence-corrected chi connectivity index (χ0v) is 17.2. The Bertz CT molecular complexity index is 1260. The van der Waals surface area contributed by atoms with Crippen molar-refractivity contribution in [1.29, 1.82) is 0 Å². The number of hydrogen-bond donors (Lipinski definition) is 0. The molecule has 132 valence electrons. The van der Waals surface area contributed by atoms with Crippen molar-refractivity contribution < 1.29 is 0 Å². The van der Waals surface area contributed by atoms with E-state index in [0.717, 1.165) is 6.54 Å². The van der Waals surface area contributed by atoms with Gasteiger partial charge in [-0.3, -0.25) is 0 Å². The molecule has 3 aromatic carbocycles. The second kappa shape index (κ2) is 6.57. The number of fused-ring (bicyclic) bond motifs is 2. The fourth-order valence-corrected chi connectivity index (χ4v) is 4.98. The van der Waals surface area contributed by atoms with Crippen LogP contribution in [-0.2, 0) is 13.6 Å². The van der Waals surface area contributed by atoms with Crippen LogP contribution in [0, 0.1) is 3.57 Å². The molecule has 0 saturated heterocycles. The molecule has 0 saturated carbocycles. The second-order valence-corrected chi connectivity index (χ2v) is 7.98. The number of para-hydroxylation sites is 2. The fourth-order valence-electron chi connectivity index (χ4n) is 3.96. The Morgan fingerprint density at radius 3 is 2.22 bits per heavy atom. The predicted octanol–water partition coefficient (Wildman–Crippen LogP) is 6.45. The van der Waals surface area contributed by atoms with Gasteiger partial charge in [-0.25, -0.2) is 0 Å². The standard InChI is InChI=1S/C24H19IN2/c1-26-20-13-7-5-11-18(20)15-22(26)24-23(25)19-12-6-8-14-21(19)27(24)16-17-9-3-2-4-10-17/h2-15H,16H2,1H3. The van der Waals surface area contributed by atoms with Gasteiger partial charge < -0.3 is 9.13 Å². The normalized spacial score (nSPS) is 11.5. The Morgan fingerprint density at radius 2 is 1.44 bits per heavy atom. The van der Waals surface area contributed by atoms with E-state index in [1.807, 2.05) is 0 Å². The van der Waals surface area contributed by atoms with E-state index in [1.54, 1.807) is 0 Å². The highest BCUT2D eigenvalue weighted by atomic mass is 127. The van der Waals surface area contributed by atoms with Crippen LogP contribution in [0.3, 0.4) is 0 Å². The summed E-state index contributed by atoms with van der Waals surface area (Å²) in [5, 5.41) is 2.59. The van der Waals surface area contributed by atoms with Crippen molar-refractivity contribution in [3.63, 3.8) is 0 Å². The molecule has 0 amide bonds. The van der Waals surface area contributed by atoms with Gasteiger partial charge >= 0.3 is 0 Å². The van der Waals surface area contributed by atoms with Crippen LogP contribution in [0.25, 0.3) is 33.2 Å². The van der Waals surface area contributed by atoms with Gasteiger partial charge in [0.1, 0.15) is 0 Å². The number of nitrogens with zero attached hydrogens (tertiary/aromatic N) is 2. The summed E-state index contributed by atoms with van der Waals surface area (Å²) in [6.07, 6.45) is 0. The van der Waals surface area contributed by atoms with Crippen molar-refractivity contribution in [2.24, 2.45) is 7.05 Å². The molecule has 0 radical (unpaired) electrons. The van der Waals surface area contributed by atoms with E-state index in [1.165, 1.54) is 42.3 Å². The lowest BCUT2D eigenvalue weighted by Gasteiger charge is -2.13. The van der Waals surface area contributed by atoms with Crippen molar-refractivity contribution in [2.75, 3.05) is 0 Å². The molecule has 0 unspecified atom stereocenters. The Morgan fingerprint density at radius 1 is 0.778 bits per heavy atom. The first-order valence-electron chi connectivity index (χ1n) is 9.09. The van der Waals surface area contributed by atoms with E-state index >= 15 is 0 Å². The maximum absolute atomic E-state index is 2.51. The number of halogens is 1. The average Bonchev–Trinajstić information content (AvgIpc) is 3.18. The van der Waals surface area contributed by atoms with Gasteiger partial charge in [0.25, 0.3) is 0 Å². The number of hydrogen-bond acceptors (Lipinski definition) is 0. The Balaban J connectivity index is 1.81. The van der Waals surface area contributed by atoms with Gasteiger partial charge in [0.15, 0.2) is 0 Å². The van der Waals surface area contributed by atoms with E-state index < -0.39 is 0 Å². The summed E-state index contributed by atoms with van der Waals surface area (Å²) in [6, 6.07) is 30.3. The molecular formula is C24H19IN2. The van der Waals surface area contributed by atoms with Gasteiger partial charge in [-0.1, -0.05) is 66.7 Å². The molecular weight excluding hydrogens is 443 g/mol. The van der Waals surface area contributed by atoms with Crippen LogP contribution in [0.1, 0.15) is 5.56 Å². The summed E-state index contributed by atoms with van der Waals surface area (Å²) in [7, 11) is 2.16. The molecule has 3 heteroatoms. The Hall–Kier alpha value is -2.53. The monoisotopic (exact) mass is 462 g/mol. The Labute approximate surface area is 172 Å². The topological polar surface area (TPSA) is 9.86 Å². The summed E-state index contributed by atoms with van der Waals surface area (Å²) in [5.74, 6) is 0. The molecule has 2 nitrogen and oxygen atoms in total. The highest BCUT2D eigenvalue weighted by Gasteiger charge is 2.20. The van der Waals surface area contributed by atoms with Crippen LogP contribution < -0.4 is 0 Å². The van der Waals surface area contributed by atoms with Crippen LogP contribution in [0.2, 0.25) is 0 Å². The molecule has 0 N–H and O–H groups in total. The maximum Gasteiger partial charge on any atom is 0.0798 e. The third-order valence-corrected chi connectivity index (χ3v) is 6.38. The van der Waals surface area contributed by atoms with Crippen molar-refractivity contribution in [3.8, 4) is 11.4 Å². The van der Waals surface area contributed by atoms with Gasteiger partial charge in [0.2, 0.25) is 0 Å². The molecule has 27 heavy (non-hydrogen) atoms. The summed E-state index contributed by atoms with van der Waals surface area (Å²) in [5.41, 5.74) is 6.41. The van der Waals surface area contributed by atoms with E-state index in [0.29, 0.717) is 0 Å². The zero-order valence-electron chi connectivity index (χ0n) is 15.1. The summed E-state index contributed by atoms with van der Waals surface area (Å²) in [4.78, 5) is 0. The molecule has 0 atom stereocenters. The summed E-state index contributed by atoms with van der Waals surface area (Å²) < 4.78 is 6.08. The first-order chi connectivity index (χ1) is 13.2. The van der Waals surface area contributed by atoms with Gasteiger partial charge in [-0.05, 0) is 46.4 Å². The predicted molar refractivity (Wildman–Crippen MR) is 122 cm³/mol. The van der Waals surface area contributed by atoms with Crippen LogP contribution in [-0.4, -0.2) is 9.13 Å². The van der Waals surface area contributed by atoms with Crippen molar-refractivity contribution >= 4 is 44.4 Å². The van der Waals surface area contributed by atoms with Crippen molar-refractivity contribution in [1.82, 2.24) is 9.13 Å². The largest absolute Gasteiger partial charge is 0.342 e. The minimum atomic E-state index is 0.862. The molecule has 5 rings (SSSR count). The first kappa shape index (κ1) is 16.6. The SMILES string of the molecule is Cn1c(-c2c(I)c3ccccc3n2Cc2ccccc2)cc2ccccc21. The minimum absolute atomic E-state index is 0.862. The van der Waals surface area contributed by atoms with Gasteiger partial charge in [0.05, 0.1) is 11.4 Å². The van der Waals surface area contributed by atoms with Crippen molar-refractivity contribution in [2.45, 2.75) is 6.54 Å². The third-order valence-electron chi connectivity index (χ3n) is 5.29. The number of aromatic nitrogens is 2. The minimum Gasteiger partial charge on any atom is -0.342 e. The van der Waals surface area contributed by atoms with E-state index in [-0.39, 0.29) is 0 Å². The van der Waals surface area contributed by atoms with E-state index in [4.69, 9.17) is 0 Å². The lowest BCUT2D eigenvalue weighted by molar-refractivity contribution is 0.830. The molecule has 5 aromatic rings. The van der Waals surface area contributed by atoms with Crippen LogP contribution in [0.4, 0.5) is 0 Å². The third kappa shape index (κ3) is 2.69. The van der Waals surface area contributed by atoms with Gasteiger partial charge in [-0.15, -0.1) is 0 Å². The van der Waals surface area contributed by atoms with Gasteiger partial charge in [0, 0.05) is 39.0 Å². The molecule has 0 fully saturated rings. The van der Waals surface area contributed by atoms with E-state index in [9.17, 15) is 0 Å². The second-order valence-electron chi connectivity index (χ2n) is 6.90. The zero-order chi connectivity index (χ0) is 18.4. The molecule has 0 bridgehead atoms. The smallest absolute Gasteiger partial charge is 0.0798 e. The number of benzene rings is 3. The molecule has 2 heterocycles. The van der Waals surface area contributed by atoms with Crippen LogP contribution in [0.5, 0.6) is 0 Å². The molecule has 0 aliphatic heterocycles. The average molecular weight is 462 g/mol. The number of rotatable bonds is 3. The molecule has 0 aliphatic rings. The maximum atomic E-state index is 2.51. The van der Waals surface area contributed by atoms with Crippen molar-refractivity contribution in [3.05, 3.63) is 94.1 Å². The molecule has 2 aromatic heterocycles. The van der Waals surface area contributed by atoms with Crippen LogP contribution >= 0.6 is 22.6 Å². The fraction of sp³-hybridized carbons (Fsp3) is 0.0833. The highest BCUT2D eigenvalue weighted by molar-refractivity contribution is 14.1. The highest BCUT2D eigenvalue weighted by Crippen LogP contribution is 2.37. The lowest BCUT2D eigenvalue weighted by Crippen LogP contribution is -2.04. The Kier molecular flexibility index (Phi) is 4.05. The summed E-state index contributed by atoms with van der Waals surface area (Å²) >= 11 is 2.51.